The summed E-state index contributed by atoms with van der Waals surface area (Å²) in [4.78, 5) is 12.2. The number of amides is 1. The van der Waals surface area contributed by atoms with Crippen LogP contribution in [0.25, 0.3) is 0 Å². The fourth-order valence-electron chi connectivity index (χ4n) is 2.00. The zero-order valence-corrected chi connectivity index (χ0v) is 13.5. The molecule has 118 valence electrons. The SMILES string of the molecule is CCN(CC)S(=O)(=O)c1ccc(C)c(C(=O)NCCN)c1. The Labute approximate surface area is 126 Å². The highest BCUT2D eigenvalue weighted by atomic mass is 32.2. The monoisotopic (exact) mass is 313 g/mol. The van der Waals surface area contributed by atoms with Crippen LogP contribution in [0.2, 0.25) is 0 Å². The number of carbonyl (C=O) groups is 1. The lowest BCUT2D eigenvalue weighted by atomic mass is 10.1. The Morgan fingerprint density at radius 3 is 2.43 bits per heavy atom. The van der Waals surface area contributed by atoms with E-state index in [0.717, 1.165) is 5.56 Å². The van der Waals surface area contributed by atoms with Crippen LogP contribution in [0.4, 0.5) is 0 Å². The maximum absolute atomic E-state index is 12.5. The highest BCUT2D eigenvalue weighted by Crippen LogP contribution is 2.19. The van der Waals surface area contributed by atoms with Gasteiger partial charge >= 0.3 is 0 Å². The van der Waals surface area contributed by atoms with Crippen molar-refractivity contribution in [3.8, 4) is 0 Å². The van der Waals surface area contributed by atoms with Gasteiger partial charge in [-0.05, 0) is 24.6 Å². The van der Waals surface area contributed by atoms with Crippen LogP contribution in [-0.4, -0.2) is 44.8 Å². The average molecular weight is 313 g/mol. The second-order valence-electron chi connectivity index (χ2n) is 4.61. The van der Waals surface area contributed by atoms with E-state index >= 15 is 0 Å². The summed E-state index contributed by atoms with van der Waals surface area (Å²) >= 11 is 0. The standard InChI is InChI=1S/C14H23N3O3S/c1-4-17(5-2)21(19,20)12-7-6-11(3)13(10-12)14(18)16-9-8-15/h6-7,10H,4-5,8-9,15H2,1-3H3,(H,16,18). The Hall–Kier alpha value is -1.44. The zero-order valence-electron chi connectivity index (χ0n) is 12.7. The highest BCUT2D eigenvalue weighted by molar-refractivity contribution is 7.89. The van der Waals surface area contributed by atoms with Crippen molar-refractivity contribution in [1.82, 2.24) is 9.62 Å². The van der Waals surface area contributed by atoms with Crippen molar-refractivity contribution in [2.45, 2.75) is 25.7 Å². The summed E-state index contributed by atoms with van der Waals surface area (Å²) in [6.45, 7) is 6.80. The first kappa shape index (κ1) is 17.6. The van der Waals surface area contributed by atoms with Crippen molar-refractivity contribution in [2.75, 3.05) is 26.2 Å². The van der Waals surface area contributed by atoms with Gasteiger partial charge < -0.3 is 11.1 Å². The number of nitrogens with one attached hydrogen (secondary N) is 1. The predicted octanol–water partition coefficient (Wildman–Crippen LogP) is 0.714. The summed E-state index contributed by atoms with van der Waals surface area (Å²) in [7, 11) is -3.57. The Morgan fingerprint density at radius 1 is 1.29 bits per heavy atom. The van der Waals surface area contributed by atoms with Crippen molar-refractivity contribution >= 4 is 15.9 Å². The number of hydrogen-bond donors (Lipinski definition) is 2. The molecule has 0 aromatic heterocycles. The lowest BCUT2D eigenvalue weighted by Crippen LogP contribution is -2.32. The molecule has 0 aliphatic carbocycles. The van der Waals surface area contributed by atoms with Crippen molar-refractivity contribution in [1.29, 1.82) is 0 Å². The van der Waals surface area contributed by atoms with Gasteiger partial charge in [0, 0.05) is 31.7 Å². The van der Waals surface area contributed by atoms with Crippen molar-refractivity contribution in [3.05, 3.63) is 29.3 Å². The lowest BCUT2D eigenvalue weighted by Gasteiger charge is -2.19. The summed E-state index contributed by atoms with van der Waals surface area (Å²) in [6, 6.07) is 4.60. The van der Waals surface area contributed by atoms with E-state index in [1.807, 2.05) is 0 Å². The molecule has 0 atom stereocenters. The van der Waals surface area contributed by atoms with Gasteiger partial charge in [0.05, 0.1) is 4.90 Å². The van der Waals surface area contributed by atoms with Crippen molar-refractivity contribution in [3.63, 3.8) is 0 Å². The molecule has 1 aromatic rings. The first-order chi connectivity index (χ1) is 9.88. The lowest BCUT2D eigenvalue weighted by molar-refractivity contribution is 0.0954. The highest BCUT2D eigenvalue weighted by Gasteiger charge is 2.23. The molecule has 0 heterocycles. The fraction of sp³-hybridized carbons (Fsp3) is 0.500. The number of hydrogen-bond acceptors (Lipinski definition) is 4. The Morgan fingerprint density at radius 2 is 1.90 bits per heavy atom. The van der Waals surface area contributed by atoms with E-state index in [-0.39, 0.29) is 10.8 Å². The van der Waals surface area contributed by atoms with Gasteiger partial charge in [-0.25, -0.2) is 8.42 Å². The predicted molar refractivity (Wildman–Crippen MR) is 82.7 cm³/mol. The van der Waals surface area contributed by atoms with Gasteiger partial charge in [0.25, 0.3) is 5.91 Å². The Bertz CT molecular complexity index is 595. The van der Waals surface area contributed by atoms with Crippen molar-refractivity contribution < 1.29 is 13.2 Å². The second-order valence-corrected chi connectivity index (χ2v) is 6.55. The molecule has 0 saturated carbocycles. The van der Waals surface area contributed by atoms with E-state index in [4.69, 9.17) is 5.73 Å². The maximum atomic E-state index is 12.5. The van der Waals surface area contributed by atoms with Crippen LogP contribution in [0.15, 0.2) is 23.1 Å². The molecule has 7 heteroatoms. The van der Waals surface area contributed by atoms with Crippen LogP contribution in [0.1, 0.15) is 29.8 Å². The van der Waals surface area contributed by atoms with Crippen molar-refractivity contribution in [2.24, 2.45) is 5.73 Å². The van der Waals surface area contributed by atoms with Gasteiger partial charge in [-0.3, -0.25) is 4.79 Å². The summed E-state index contributed by atoms with van der Waals surface area (Å²) in [5, 5.41) is 2.65. The number of carbonyl (C=O) groups excluding carboxylic acids is 1. The van der Waals surface area contributed by atoms with Gasteiger partial charge in [0.1, 0.15) is 0 Å². The topological polar surface area (TPSA) is 92.5 Å². The van der Waals surface area contributed by atoms with Gasteiger partial charge in [-0.2, -0.15) is 4.31 Å². The molecule has 21 heavy (non-hydrogen) atoms. The molecular formula is C14H23N3O3S. The largest absolute Gasteiger partial charge is 0.351 e. The van der Waals surface area contributed by atoms with Crippen LogP contribution in [0, 0.1) is 6.92 Å². The zero-order chi connectivity index (χ0) is 16.0. The van der Waals surface area contributed by atoms with E-state index in [0.29, 0.717) is 31.7 Å². The minimum absolute atomic E-state index is 0.134. The third-order valence-corrected chi connectivity index (χ3v) is 5.27. The molecule has 0 aliphatic rings. The van der Waals surface area contributed by atoms with Crippen LogP contribution in [-0.2, 0) is 10.0 Å². The van der Waals surface area contributed by atoms with Crippen LogP contribution >= 0.6 is 0 Å². The molecule has 0 fully saturated rings. The first-order valence-electron chi connectivity index (χ1n) is 6.97. The Kier molecular flexibility index (Phi) is 6.32. The fourth-order valence-corrected chi connectivity index (χ4v) is 3.48. The number of aryl methyl sites for hydroxylation is 1. The summed E-state index contributed by atoms with van der Waals surface area (Å²) in [5.74, 6) is -0.311. The van der Waals surface area contributed by atoms with Crippen LogP contribution < -0.4 is 11.1 Å². The first-order valence-corrected chi connectivity index (χ1v) is 8.41. The molecule has 6 nitrogen and oxygen atoms in total. The molecular weight excluding hydrogens is 290 g/mol. The summed E-state index contributed by atoms with van der Waals surface area (Å²) in [6.07, 6.45) is 0. The van der Waals surface area contributed by atoms with Gasteiger partial charge in [0.15, 0.2) is 0 Å². The smallest absolute Gasteiger partial charge is 0.251 e. The molecule has 0 aliphatic heterocycles. The van der Waals surface area contributed by atoms with E-state index in [2.05, 4.69) is 5.32 Å². The molecule has 1 amide bonds. The molecule has 0 bridgehead atoms. The van der Waals surface area contributed by atoms with E-state index in [1.165, 1.54) is 16.4 Å². The van der Waals surface area contributed by atoms with Gasteiger partial charge in [-0.15, -0.1) is 0 Å². The number of benzene rings is 1. The quantitative estimate of drug-likeness (QED) is 0.775. The minimum atomic E-state index is -3.57. The summed E-state index contributed by atoms with van der Waals surface area (Å²) < 4.78 is 26.3. The number of nitrogens with two attached hydrogens (primary N) is 1. The number of rotatable bonds is 7. The molecule has 1 aromatic carbocycles. The average Bonchev–Trinajstić information content (AvgIpc) is 2.46. The molecule has 0 saturated heterocycles. The minimum Gasteiger partial charge on any atom is -0.351 e. The molecule has 0 unspecified atom stereocenters. The van der Waals surface area contributed by atoms with E-state index in [1.54, 1.807) is 26.8 Å². The molecule has 0 radical (unpaired) electrons. The molecule has 0 spiro atoms. The van der Waals surface area contributed by atoms with E-state index < -0.39 is 10.0 Å². The number of nitrogens with zero attached hydrogens (tertiary/aromatic N) is 1. The van der Waals surface area contributed by atoms with Gasteiger partial charge in [0.2, 0.25) is 10.0 Å². The van der Waals surface area contributed by atoms with Crippen LogP contribution in [0.5, 0.6) is 0 Å². The molecule has 1 rings (SSSR count). The van der Waals surface area contributed by atoms with Gasteiger partial charge in [-0.1, -0.05) is 19.9 Å². The normalized spacial score (nSPS) is 11.7. The third-order valence-electron chi connectivity index (χ3n) is 3.23. The van der Waals surface area contributed by atoms with Crippen LogP contribution in [0.3, 0.4) is 0 Å². The third kappa shape index (κ3) is 4.03. The summed E-state index contributed by atoms with van der Waals surface area (Å²) in [5.41, 5.74) is 6.43. The maximum Gasteiger partial charge on any atom is 0.251 e. The van der Waals surface area contributed by atoms with E-state index in [9.17, 15) is 13.2 Å². The molecule has 3 N–H and O–H groups in total. The number of sulfonamides is 1. The Balaban J connectivity index is 3.20. The second kappa shape index (κ2) is 7.53.